The van der Waals surface area contributed by atoms with E-state index in [1.165, 1.54) is 0 Å². The van der Waals surface area contributed by atoms with Gasteiger partial charge in [-0.1, -0.05) is 13.8 Å². The van der Waals surface area contributed by atoms with Crippen LogP contribution < -0.4 is 0 Å². The van der Waals surface area contributed by atoms with Gasteiger partial charge in [-0.05, 0) is 8.59 Å². The van der Waals surface area contributed by atoms with Crippen LogP contribution in [0.1, 0.15) is 13.8 Å². The molecule has 1 atom stereocenters. The molecular formula is C5H14ClO2P. The van der Waals surface area contributed by atoms with E-state index < -0.39 is 0 Å². The van der Waals surface area contributed by atoms with Crippen LogP contribution in [0.3, 0.4) is 0 Å². The van der Waals surface area contributed by atoms with Crippen molar-refractivity contribution in [1.82, 2.24) is 0 Å². The second-order valence-corrected chi connectivity index (χ2v) is 2.48. The molecule has 0 aromatic rings. The van der Waals surface area contributed by atoms with Gasteiger partial charge in [-0.3, -0.25) is 0 Å². The van der Waals surface area contributed by atoms with Crippen molar-refractivity contribution in [2.75, 3.05) is 13.2 Å². The normalized spacial score (nSPS) is 10.0. The summed E-state index contributed by atoms with van der Waals surface area (Å²) in [6.07, 6.45) is 0. The Kier molecular flexibility index (Phi) is 9.25. The van der Waals surface area contributed by atoms with Gasteiger partial charge in [-0.15, -0.1) is 11.2 Å². The maximum Gasteiger partial charge on any atom is 0.0504 e. The highest BCUT2D eigenvalue weighted by Gasteiger charge is 2.13. The Balaban J connectivity index is 0. The molecule has 0 aliphatic rings. The first-order chi connectivity index (χ1) is 4.12. The van der Waals surface area contributed by atoms with Crippen molar-refractivity contribution in [2.24, 2.45) is 5.41 Å². The van der Waals surface area contributed by atoms with Crippen LogP contribution in [0.25, 0.3) is 0 Å². The van der Waals surface area contributed by atoms with Gasteiger partial charge in [0.1, 0.15) is 0 Å². The van der Waals surface area contributed by atoms with Gasteiger partial charge in [0.2, 0.25) is 0 Å². The first kappa shape index (κ1) is 12.3. The molecule has 0 amide bonds. The molecule has 0 saturated heterocycles. The minimum Gasteiger partial charge on any atom is -0.396 e. The van der Waals surface area contributed by atoms with Crippen LogP contribution >= 0.6 is 19.8 Å². The molecule has 0 saturated carbocycles. The van der Waals surface area contributed by atoms with E-state index in [1.54, 1.807) is 13.8 Å². The molecule has 0 aromatic carbocycles. The number of hydrogen-bond donors (Lipinski definition) is 2. The van der Waals surface area contributed by atoms with Crippen molar-refractivity contribution < 1.29 is 10.2 Å². The average Bonchev–Trinajstić information content (AvgIpc) is 1.93. The second-order valence-electron chi connectivity index (χ2n) is 2.48. The zero-order chi connectivity index (χ0) is 7.91. The third kappa shape index (κ3) is 8.64. The molecule has 0 radical (unpaired) electrons. The fourth-order valence-electron chi connectivity index (χ4n) is 0.0500. The molecule has 0 rings (SSSR count). The lowest BCUT2D eigenvalue weighted by atomic mass is 9.97. The van der Waals surface area contributed by atoms with Crippen LogP contribution in [0.4, 0.5) is 0 Å². The van der Waals surface area contributed by atoms with Crippen molar-refractivity contribution >= 4 is 19.8 Å². The summed E-state index contributed by atoms with van der Waals surface area (Å²) < 4.78 is 0. The standard InChI is InChI=1S/C5H12O2.ClH2P/c1-5(2,3-6)4-7;1-2/h6-7H,3-4H2,1-2H3;2H2. The lowest BCUT2D eigenvalue weighted by Crippen LogP contribution is -2.20. The highest BCUT2D eigenvalue weighted by Crippen LogP contribution is 2.10. The first-order valence-electron chi connectivity index (χ1n) is 2.56. The minimum atomic E-state index is -0.306. The SMILES string of the molecule is CC(C)(CO)CO.PCl. The Morgan fingerprint density at radius 2 is 1.44 bits per heavy atom. The van der Waals surface area contributed by atoms with Gasteiger partial charge in [-0.25, -0.2) is 0 Å². The lowest BCUT2D eigenvalue weighted by molar-refractivity contribution is 0.0857. The van der Waals surface area contributed by atoms with E-state index in [-0.39, 0.29) is 18.6 Å². The zero-order valence-electron chi connectivity index (χ0n) is 5.76. The highest BCUT2D eigenvalue weighted by molar-refractivity contribution is 7.52. The summed E-state index contributed by atoms with van der Waals surface area (Å²) in [4.78, 5) is 0. The Morgan fingerprint density at radius 3 is 1.44 bits per heavy atom. The molecule has 0 aliphatic heterocycles. The Labute approximate surface area is 63.2 Å². The summed E-state index contributed by atoms with van der Waals surface area (Å²) >= 11 is 4.56. The molecule has 0 aliphatic carbocycles. The van der Waals surface area contributed by atoms with E-state index >= 15 is 0 Å². The van der Waals surface area contributed by atoms with E-state index in [0.717, 1.165) is 0 Å². The summed E-state index contributed by atoms with van der Waals surface area (Å²) in [6, 6.07) is 0. The molecule has 2 nitrogen and oxygen atoms in total. The number of aliphatic hydroxyl groups excluding tert-OH is 2. The fraction of sp³-hybridized carbons (Fsp3) is 1.00. The highest BCUT2D eigenvalue weighted by atomic mass is 35.7. The van der Waals surface area contributed by atoms with E-state index in [1.807, 2.05) is 8.59 Å². The molecular weight excluding hydrogens is 158 g/mol. The molecule has 0 fully saturated rings. The molecule has 0 bridgehead atoms. The smallest absolute Gasteiger partial charge is 0.0504 e. The maximum absolute atomic E-state index is 8.43. The van der Waals surface area contributed by atoms with E-state index in [0.29, 0.717) is 0 Å². The van der Waals surface area contributed by atoms with Crippen LogP contribution in [0.5, 0.6) is 0 Å². The third-order valence-corrected chi connectivity index (χ3v) is 0.856. The molecule has 0 heterocycles. The largest absolute Gasteiger partial charge is 0.396 e. The number of hydrogen-bond acceptors (Lipinski definition) is 2. The molecule has 0 spiro atoms. The van der Waals surface area contributed by atoms with Crippen molar-refractivity contribution in [3.05, 3.63) is 0 Å². The Bertz CT molecular complexity index is 52.9. The average molecular weight is 173 g/mol. The van der Waals surface area contributed by atoms with Gasteiger partial charge in [-0.2, -0.15) is 0 Å². The van der Waals surface area contributed by atoms with Gasteiger partial charge in [0, 0.05) is 5.41 Å². The molecule has 1 unspecified atom stereocenters. The van der Waals surface area contributed by atoms with Crippen molar-refractivity contribution in [2.45, 2.75) is 13.8 Å². The lowest BCUT2D eigenvalue weighted by Gasteiger charge is -2.16. The minimum absolute atomic E-state index is 0.0451. The van der Waals surface area contributed by atoms with Crippen LogP contribution in [-0.2, 0) is 0 Å². The number of halogens is 1. The second kappa shape index (κ2) is 6.76. The van der Waals surface area contributed by atoms with Gasteiger partial charge >= 0.3 is 0 Å². The fourth-order valence-corrected chi connectivity index (χ4v) is 0.0500. The van der Waals surface area contributed by atoms with Crippen LogP contribution in [-0.4, -0.2) is 23.4 Å². The third-order valence-electron chi connectivity index (χ3n) is 0.856. The van der Waals surface area contributed by atoms with Crippen molar-refractivity contribution in [1.29, 1.82) is 0 Å². The van der Waals surface area contributed by atoms with Gasteiger partial charge in [0.15, 0.2) is 0 Å². The molecule has 9 heavy (non-hydrogen) atoms. The van der Waals surface area contributed by atoms with E-state index in [4.69, 9.17) is 10.2 Å². The maximum atomic E-state index is 8.43. The summed E-state index contributed by atoms with van der Waals surface area (Å²) in [5, 5.41) is 16.9. The monoisotopic (exact) mass is 172 g/mol. The Hall–Kier alpha value is 0.640. The van der Waals surface area contributed by atoms with Crippen LogP contribution in [0, 0.1) is 5.41 Å². The molecule has 2 N–H and O–H groups in total. The Morgan fingerprint density at radius 1 is 1.22 bits per heavy atom. The summed E-state index contributed by atoms with van der Waals surface area (Å²) in [5.41, 5.74) is -0.306. The predicted molar refractivity (Wildman–Crippen MR) is 43.5 cm³/mol. The van der Waals surface area contributed by atoms with Crippen LogP contribution in [0.2, 0.25) is 0 Å². The van der Waals surface area contributed by atoms with Gasteiger partial charge in [0.25, 0.3) is 0 Å². The van der Waals surface area contributed by atoms with Gasteiger partial charge in [0.05, 0.1) is 13.2 Å². The number of aliphatic hydroxyl groups is 2. The van der Waals surface area contributed by atoms with Crippen molar-refractivity contribution in [3.63, 3.8) is 0 Å². The molecule has 4 heteroatoms. The summed E-state index contributed by atoms with van der Waals surface area (Å²) in [7, 11) is 1.89. The van der Waals surface area contributed by atoms with Crippen LogP contribution in [0.15, 0.2) is 0 Å². The summed E-state index contributed by atoms with van der Waals surface area (Å²) in [6.45, 7) is 3.69. The van der Waals surface area contributed by atoms with E-state index in [2.05, 4.69) is 11.2 Å². The molecule has 58 valence electrons. The topological polar surface area (TPSA) is 40.5 Å². The molecule has 0 aromatic heterocycles. The van der Waals surface area contributed by atoms with Gasteiger partial charge < -0.3 is 10.2 Å². The zero-order valence-corrected chi connectivity index (χ0v) is 7.67. The predicted octanol–water partition coefficient (Wildman–Crippen LogP) is 1.01. The van der Waals surface area contributed by atoms with Crippen molar-refractivity contribution in [3.8, 4) is 0 Å². The number of rotatable bonds is 2. The quantitative estimate of drug-likeness (QED) is 0.611. The first-order valence-corrected chi connectivity index (χ1v) is 4.30. The van der Waals surface area contributed by atoms with E-state index in [9.17, 15) is 0 Å². The summed E-state index contributed by atoms with van der Waals surface area (Å²) in [5.74, 6) is 0.